The number of fused-ring (bicyclic) bond motifs is 1. The van der Waals surface area contributed by atoms with Crippen LogP contribution < -0.4 is 4.90 Å². The van der Waals surface area contributed by atoms with Gasteiger partial charge < -0.3 is 9.80 Å². The molecule has 4 rings (SSSR count). The van der Waals surface area contributed by atoms with E-state index in [2.05, 4.69) is 19.8 Å². The summed E-state index contributed by atoms with van der Waals surface area (Å²) in [5.74, 6) is 0.882. The predicted octanol–water partition coefficient (Wildman–Crippen LogP) is 0.244. The largest absolute Gasteiger partial charge is 0.353 e. The molecule has 0 aliphatic carbocycles. The first-order valence-electron chi connectivity index (χ1n) is 8.94. The molecule has 0 saturated carbocycles. The fraction of sp³-hybridized carbons (Fsp3) is 0.529. The van der Waals surface area contributed by atoms with Gasteiger partial charge in [0.05, 0.1) is 5.52 Å². The lowest BCUT2D eigenvalue weighted by Gasteiger charge is -2.39. The Labute approximate surface area is 154 Å². The van der Waals surface area contributed by atoms with Crippen LogP contribution in [-0.4, -0.2) is 91.3 Å². The van der Waals surface area contributed by atoms with E-state index in [4.69, 9.17) is 0 Å². The molecule has 2 aliphatic heterocycles. The first kappa shape index (κ1) is 17.6. The topological polar surface area (TPSA) is 72.9 Å². The van der Waals surface area contributed by atoms with Gasteiger partial charge in [0.2, 0.25) is 0 Å². The molecule has 0 bridgehead atoms. The molecular weight excluding hydrogens is 352 g/mol. The zero-order valence-corrected chi connectivity index (χ0v) is 15.8. The van der Waals surface area contributed by atoms with Crippen LogP contribution in [0, 0.1) is 0 Å². The number of anilines is 1. The minimum absolute atomic E-state index is 0.479. The Hall–Kier alpha value is -1.81. The highest BCUT2D eigenvalue weighted by molar-refractivity contribution is 7.86. The minimum atomic E-state index is -3.38. The van der Waals surface area contributed by atoms with Crippen LogP contribution in [-0.2, 0) is 10.2 Å². The Morgan fingerprint density at radius 2 is 1.46 bits per heavy atom. The molecule has 2 aliphatic rings. The number of piperazine rings is 2. The standard InChI is InChI=1S/C17H24N6O2S/c1-20-6-10-22(11-7-20)26(24,25)23-12-8-21(9-13-23)17-15-4-2-3-5-16(15)18-14-19-17/h2-5,14H,6-13H2,1H3. The SMILES string of the molecule is CN1CCN(S(=O)(=O)N2CCN(c3ncnc4ccccc34)CC2)CC1. The Balaban J connectivity index is 1.47. The van der Waals surface area contributed by atoms with E-state index in [0.29, 0.717) is 39.3 Å². The monoisotopic (exact) mass is 376 g/mol. The molecule has 2 aromatic rings. The Morgan fingerprint density at radius 1 is 0.846 bits per heavy atom. The molecule has 0 amide bonds. The molecule has 26 heavy (non-hydrogen) atoms. The number of likely N-dealkylation sites (N-methyl/N-ethyl adjacent to an activating group) is 1. The maximum absolute atomic E-state index is 12.9. The van der Waals surface area contributed by atoms with Crippen molar-refractivity contribution in [3.8, 4) is 0 Å². The third-order valence-corrected chi connectivity index (χ3v) is 7.21. The maximum Gasteiger partial charge on any atom is 0.282 e. The van der Waals surface area contributed by atoms with Gasteiger partial charge in [-0.1, -0.05) is 12.1 Å². The zero-order chi connectivity index (χ0) is 18.1. The first-order valence-corrected chi connectivity index (χ1v) is 10.3. The highest BCUT2D eigenvalue weighted by Gasteiger charge is 2.34. The highest BCUT2D eigenvalue weighted by atomic mass is 32.2. The lowest BCUT2D eigenvalue weighted by molar-refractivity contribution is 0.210. The van der Waals surface area contributed by atoms with Gasteiger partial charge in [-0.3, -0.25) is 0 Å². The summed E-state index contributed by atoms with van der Waals surface area (Å²) in [7, 11) is -1.35. The fourth-order valence-electron chi connectivity index (χ4n) is 3.56. The lowest BCUT2D eigenvalue weighted by atomic mass is 10.2. The van der Waals surface area contributed by atoms with E-state index in [9.17, 15) is 8.42 Å². The fourth-order valence-corrected chi connectivity index (χ4v) is 5.13. The van der Waals surface area contributed by atoms with Gasteiger partial charge in [0.15, 0.2) is 0 Å². The molecule has 9 heteroatoms. The van der Waals surface area contributed by atoms with Crippen LogP contribution in [0.25, 0.3) is 10.9 Å². The summed E-state index contributed by atoms with van der Waals surface area (Å²) in [5, 5.41) is 1.00. The van der Waals surface area contributed by atoms with Crippen LogP contribution in [0.3, 0.4) is 0 Å². The minimum Gasteiger partial charge on any atom is -0.353 e. The second-order valence-electron chi connectivity index (χ2n) is 6.81. The summed E-state index contributed by atoms with van der Waals surface area (Å²) < 4.78 is 29.0. The third kappa shape index (κ3) is 3.27. The van der Waals surface area contributed by atoms with Crippen LogP contribution >= 0.6 is 0 Å². The normalized spacial score (nSPS) is 21.3. The van der Waals surface area contributed by atoms with Gasteiger partial charge in [-0.05, 0) is 19.2 Å². The molecule has 0 atom stereocenters. The molecule has 1 aromatic carbocycles. The molecule has 2 saturated heterocycles. The summed E-state index contributed by atoms with van der Waals surface area (Å²) in [4.78, 5) is 13.1. The number of nitrogens with zero attached hydrogens (tertiary/aromatic N) is 6. The van der Waals surface area contributed by atoms with Crippen molar-refractivity contribution in [1.82, 2.24) is 23.5 Å². The van der Waals surface area contributed by atoms with Crippen molar-refractivity contribution in [3.63, 3.8) is 0 Å². The molecule has 0 N–H and O–H groups in total. The van der Waals surface area contributed by atoms with E-state index >= 15 is 0 Å². The maximum atomic E-state index is 12.9. The molecule has 2 fully saturated rings. The number of aromatic nitrogens is 2. The third-order valence-electron chi connectivity index (χ3n) is 5.17. The van der Waals surface area contributed by atoms with Crippen molar-refractivity contribution in [2.75, 3.05) is 64.3 Å². The summed E-state index contributed by atoms with van der Waals surface area (Å²) in [6.07, 6.45) is 1.57. The van der Waals surface area contributed by atoms with Crippen molar-refractivity contribution in [1.29, 1.82) is 0 Å². The predicted molar refractivity (Wildman–Crippen MR) is 101 cm³/mol. The molecular formula is C17H24N6O2S. The molecule has 8 nitrogen and oxygen atoms in total. The van der Waals surface area contributed by atoms with Crippen LogP contribution in [0.1, 0.15) is 0 Å². The van der Waals surface area contributed by atoms with E-state index in [0.717, 1.165) is 29.8 Å². The molecule has 140 valence electrons. The molecule has 0 spiro atoms. The second kappa shape index (κ2) is 7.07. The van der Waals surface area contributed by atoms with Crippen molar-refractivity contribution in [2.24, 2.45) is 0 Å². The Kier molecular flexibility index (Phi) is 4.78. The molecule has 1 aromatic heterocycles. The van der Waals surface area contributed by atoms with E-state index in [1.807, 2.05) is 31.3 Å². The van der Waals surface area contributed by atoms with Gasteiger partial charge in [0, 0.05) is 57.7 Å². The Bertz CT molecular complexity index is 868. The lowest BCUT2D eigenvalue weighted by Crippen LogP contribution is -2.56. The van der Waals surface area contributed by atoms with Crippen LogP contribution in [0.5, 0.6) is 0 Å². The zero-order valence-electron chi connectivity index (χ0n) is 15.0. The quantitative estimate of drug-likeness (QED) is 0.764. The van der Waals surface area contributed by atoms with Crippen LogP contribution in [0.2, 0.25) is 0 Å². The van der Waals surface area contributed by atoms with Gasteiger partial charge in [0.1, 0.15) is 12.1 Å². The van der Waals surface area contributed by atoms with Crippen molar-refractivity contribution in [3.05, 3.63) is 30.6 Å². The number of benzene rings is 1. The Morgan fingerprint density at radius 3 is 2.15 bits per heavy atom. The highest BCUT2D eigenvalue weighted by Crippen LogP contribution is 2.24. The van der Waals surface area contributed by atoms with Gasteiger partial charge in [-0.15, -0.1) is 0 Å². The summed E-state index contributed by atoms with van der Waals surface area (Å²) in [5.41, 5.74) is 0.907. The van der Waals surface area contributed by atoms with E-state index in [-0.39, 0.29) is 0 Å². The second-order valence-corrected chi connectivity index (χ2v) is 8.74. The number of rotatable bonds is 3. The number of para-hydroxylation sites is 1. The summed E-state index contributed by atoms with van der Waals surface area (Å²) >= 11 is 0. The summed E-state index contributed by atoms with van der Waals surface area (Å²) in [6.45, 7) is 4.92. The number of hydrogen-bond donors (Lipinski definition) is 0. The molecule has 3 heterocycles. The van der Waals surface area contributed by atoms with Crippen LogP contribution in [0.4, 0.5) is 5.82 Å². The smallest absolute Gasteiger partial charge is 0.282 e. The van der Waals surface area contributed by atoms with Gasteiger partial charge in [-0.25, -0.2) is 9.97 Å². The summed E-state index contributed by atoms with van der Waals surface area (Å²) in [6, 6.07) is 7.91. The van der Waals surface area contributed by atoms with Crippen molar-refractivity contribution >= 4 is 26.9 Å². The van der Waals surface area contributed by atoms with Gasteiger partial charge >= 0.3 is 0 Å². The van der Waals surface area contributed by atoms with E-state index < -0.39 is 10.2 Å². The molecule has 0 radical (unpaired) electrons. The first-order chi connectivity index (χ1) is 12.6. The number of hydrogen-bond acceptors (Lipinski definition) is 6. The average Bonchev–Trinajstić information content (AvgIpc) is 2.68. The van der Waals surface area contributed by atoms with Crippen LogP contribution in [0.15, 0.2) is 30.6 Å². The molecule has 0 unspecified atom stereocenters. The van der Waals surface area contributed by atoms with Gasteiger partial charge in [-0.2, -0.15) is 17.0 Å². The van der Waals surface area contributed by atoms with Crippen molar-refractivity contribution < 1.29 is 8.42 Å². The van der Waals surface area contributed by atoms with Gasteiger partial charge in [0.25, 0.3) is 10.2 Å². The van der Waals surface area contributed by atoms with E-state index in [1.54, 1.807) is 14.9 Å². The van der Waals surface area contributed by atoms with E-state index in [1.165, 1.54) is 0 Å². The average molecular weight is 376 g/mol. The van der Waals surface area contributed by atoms with Crippen molar-refractivity contribution in [2.45, 2.75) is 0 Å².